The van der Waals surface area contributed by atoms with Gasteiger partial charge in [-0.1, -0.05) is 23.2 Å². The molecule has 0 atom stereocenters. The zero-order valence-electron chi connectivity index (χ0n) is 8.67. The first kappa shape index (κ1) is 12.1. The van der Waals surface area contributed by atoms with E-state index in [0.717, 1.165) is 0 Å². The molecule has 15 heavy (non-hydrogen) atoms. The lowest BCUT2D eigenvalue weighted by Crippen LogP contribution is -2.22. The van der Waals surface area contributed by atoms with E-state index in [0.29, 0.717) is 15.8 Å². The maximum Gasteiger partial charge on any atom is 0.258 e. The number of nitrogens with zero attached hydrogens (tertiary/aromatic N) is 1. The fourth-order valence-corrected chi connectivity index (χ4v) is 1.62. The molecular weight excluding hydrogens is 237 g/mol. The summed E-state index contributed by atoms with van der Waals surface area (Å²) in [5.74, 6) is 0.0715. The molecule has 1 rings (SSSR count). The maximum atomic E-state index is 11.8. The number of rotatable bonds is 2. The Morgan fingerprint density at radius 3 is 2.27 bits per heavy atom. The average molecular weight is 248 g/mol. The van der Waals surface area contributed by atoms with Crippen LogP contribution >= 0.6 is 23.2 Å². The van der Waals surface area contributed by atoms with E-state index in [2.05, 4.69) is 0 Å². The normalized spacial score (nSPS) is 9.93. The second-order valence-electron chi connectivity index (χ2n) is 3.14. The summed E-state index contributed by atoms with van der Waals surface area (Å²) in [6.45, 7) is 0. The fraction of sp³-hybridized carbons (Fsp3) is 0.300. The molecule has 0 heterocycles. The zero-order valence-corrected chi connectivity index (χ0v) is 10.2. The van der Waals surface area contributed by atoms with E-state index in [9.17, 15) is 4.79 Å². The predicted molar refractivity (Wildman–Crippen MR) is 61.0 cm³/mol. The standard InChI is InChI=1S/C10H11Cl2NO2/c1-13(2)10(14)8-6(11)4-5-7(12)9(8)15-3/h4-5H,1-3H3. The van der Waals surface area contributed by atoms with Gasteiger partial charge in [0.25, 0.3) is 5.91 Å². The summed E-state index contributed by atoms with van der Waals surface area (Å²) < 4.78 is 5.06. The summed E-state index contributed by atoms with van der Waals surface area (Å²) in [6, 6.07) is 3.16. The molecule has 0 aliphatic carbocycles. The van der Waals surface area contributed by atoms with Crippen molar-refractivity contribution in [2.45, 2.75) is 0 Å². The van der Waals surface area contributed by atoms with Gasteiger partial charge in [-0.05, 0) is 12.1 Å². The number of hydrogen-bond acceptors (Lipinski definition) is 2. The van der Waals surface area contributed by atoms with Gasteiger partial charge in [-0.15, -0.1) is 0 Å². The molecule has 0 aliphatic rings. The second kappa shape index (κ2) is 4.73. The van der Waals surface area contributed by atoms with Crippen LogP contribution in [0.25, 0.3) is 0 Å². The first-order valence-corrected chi connectivity index (χ1v) is 4.98. The van der Waals surface area contributed by atoms with E-state index in [1.54, 1.807) is 26.2 Å². The third-order valence-electron chi connectivity index (χ3n) is 1.88. The summed E-state index contributed by atoms with van der Waals surface area (Å²) in [4.78, 5) is 13.2. The van der Waals surface area contributed by atoms with Crippen molar-refractivity contribution in [3.63, 3.8) is 0 Å². The summed E-state index contributed by atoms with van der Waals surface area (Å²) in [7, 11) is 4.72. The SMILES string of the molecule is COc1c(Cl)ccc(Cl)c1C(=O)N(C)C. The van der Waals surface area contributed by atoms with Crippen LogP contribution in [0.2, 0.25) is 10.0 Å². The van der Waals surface area contributed by atoms with E-state index < -0.39 is 0 Å². The summed E-state index contributed by atoms with van der Waals surface area (Å²) >= 11 is 11.8. The molecule has 0 saturated heterocycles. The number of carbonyl (C=O) groups excluding carboxylic acids is 1. The minimum absolute atomic E-state index is 0.237. The first-order valence-electron chi connectivity index (χ1n) is 4.22. The van der Waals surface area contributed by atoms with Crippen molar-refractivity contribution in [3.05, 3.63) is 27.7 Å². The van der Waals surface area contributed by atoms with Crippen LogP contribution in [0.1, 0.15) is 10.4 Å². The molecule has 0 bridgehead atoms. The van der Waals surface area contributed by atoms with Crippen molar-refractivity contribution in [1.29, 1.82) is 0 Å². The Morgan fingerprint density at radius 2 is 1.80 bits per heavy atom. The second-order valence-corrected chi connectivity index (χ2v) is 3.95. The van der Waals surface area contributed by atoms with E-state index >= 15 is 0 Å². The first-order chi connectivity index (χ1) is 6.99. The lowest BCUT2D eigenvalue weighted by atomic mass is 10.1. The van der Waals surface area contributed by atoms with Gasteiger partial charge < -0.3 is 9.64 Å². The predicted octanol–water partition coefficient (Wildman–Crippen LogP) is 2.70. The number of carbonyl (C=O) groups is 1. The van der Waals surface area contributed by atoms with Gasteiger partial charge in [-0.2, -0.15) is 0 Å². The lowest BCUT2D eigenvalue weighted by Gasteiger charge is -2.15. The minimum atomic E-state index is -0.237. The molecule has 82 valence electrons. The highest BCUT2D eigenvalue weighted by Gasteiger charge is 2.20. The largest absolute Gasteiger partial charge is 0.494 e. The van der Waals surface area contributed by atoms with E-state index in [4.69, 9.17) is 27.9 Å². The van der Waals surface area contributed by atoms with Crippen molar-refractivity contribution < 1.29 is 9.53 Å². The van der Waals surface area contributed by atoms with Crippen molar-refractivity contribution in [2.75, 3.05) is 21.2 Å². The van der Waals surface area contributed by atoms with E-state index in [1.807, 2.05) is 0 Å². The minimum Gasteiger partial charge on any atom is -0.494 e. The summed E-state index contributed by atoms with van der Waals surface area (Å²) in [5, 5.41) is 0.696. The molecule has 0 aliphatic heterocycles. The molecule has 0 aromatic heterocycles. The van der Waals surface area contributed by atoms with Crippen LogP contribution in [0.5, 0.6) is 5.75 Å². The molecule has 1 aromatic rings. The van der Waals surface area contributed by atoms with Gasteiger partial charge in [-0.25, -0.2) is 0 Å². The highest BCUT2D eigenvalue weighted by atomic mass is 35.5. The third kappa shape index (κ3) is 2.36. The van der Waals surface area contributed by atoms with Crippen LogP contribution in [0.15, 0.2) is 12.1 Å². The Morgan fingerprint density at radius 1 is 1.27 bits per heavy atom. The Labute approximate surface area is 98.5 Å². The molecule has 0 saturated carbocycles. The monoisotopic (exact) mass is 247 g/mol. The fourth-order valence-electron chi connectivity index (χ4n) is 1.16. The van der Waals surface area contributed by atoms with Gasteiger partial charge in [0.2, 0.25) is 0 Å². The molecule has 0 N–H and O–H groups in total. The van der Waals surface area contributed by atoms with E-state index in [1.165, 1.54) is 12.0 Å². The molecule has 0 radical (unpaired) electrons. The van der Waals surface area contributed by atoms with Crippen LogP contribution < -0.4 is 4.74 Å². The van der Waals surface area contributed by atoms with Crippen molar-refractivity contribution in [2.24, 2.45) is 0 Å². The van der Waals surface area contributed by atoms with Crippen LogP contribution in [0.3, 0.4) is 0 Å². The van der Waals surface area contributed by atoms with Crippen LogP contribution in [-0.2, 0) is 0 Å². The van der Waals surface area contributed by atoms with Crippen LogP contribution in [0.4, 0.5) is 0 Å². The molecule has 1 aromatic carbocycles. The molecular formula is C10H11Cl2NO2. The number of hydrogen-bond donors (Lipinski definition) is 0. The Kier molecular flexibility index (Phi) is 3.83. The van der Waals surface area contributed by atoms with Gasteiger partial charge in [0.1, 0.15) is 5.56 Å². The van der Waals surface area contributed by atoms with Gasteiger partial charge in [0.15, 0.2) is 5.75 Å². The number of halogens is 2. The molecule has 5 heteroatoms. The summed E-state index contributed by atoms with van der Waals surface area (Å²) in [5.41, 5.74) is 0.289. The van der Waals surface area contributed by atoms with Gasteiger partial charge in [0, 0.05) is 14.1 Å². The number of amides is 1. The number of ether oxygens (including phenoxy) is 1. The topological polar surface area (TPSA) is 29.5 Å². The highest BCUT2D eigenvalue weighted by molar-refractivity contribution is 6.37. The highest BCUT2D eigenvalue weighted by Crippen LogP contribution is 2.34. The van der Waals surface area contributed by atoms with Crippen LogP contribution in [0, 0.1) is 0 Å². The lowest BCUT2D eigenvalue weighted by molar-refractivity contribution is 0.0824. The van der Waals surface area contributed by atoms with Crippen molar-refractivity contribution in [3.8, 4) is 5.75 Å². The third-order valence-corrected chi connectivity index (χ3v) is 2.50. The number of benzene rings is 1. The molecule has 0 spiro atoms. The molecule has 3 nitrogen and oxygen atoms in total. The Balaban J connectivity index is 3.37. The Hall–Kier alpha value is -0.930. The quantitative estimate of drug-likeness (QED) is 0.805. The number of methoxy groups -OCH3 is 1. The Bertz CT molecular complexity index is 391. The average Bonchev–Trinajstić information content (AvgIpc) is 2.19. The molecule has 1 amide bonds. The van der Waals surface area contributed by atoms with Gasteiger partial charge in [-0.3, -0.25) is 4.79 Å². The maximum absolute atomic E-state index is 11.8. The molecule has 0 unspecified atom stereocenters. The zero-order chi connectivity index (χ0) is 11.6. The van der Waals surface area contributed by atoms with Gasteiger partial charge >= 0.3 is 0 Å². The van der Waals surface area contributed by atoms with Crippen molar-refractivity contribution in [1.82, 2.24) is 4.90 Å². The van der Waals surface area contributed by atoms with E-state index in [-0.39, 0.29) is 11.5 Å². The smallest absolute Gasteiger partial charge is 0.258 e. The molecule has 0 fully saturated rings. The summed E-state index contributed by atoms with van der Waals surface area (Å²) in [6.07, 6.45) is 0. The van der Waals surface area contributed by atoms with Crippen molar-refractivity contribution >= 4 is 29.1 Å². The van der Waals surface area contributed by atoms with Crippen LogP contribution in [-0.4, -0.2) is 32.0 Å². The van der Waals surface area contributed by atoms with Gasteiger partial charge in [0.05, 0.1) is 17.2 Å².